The van der Waals surface area contributed by atoms with E-state index < -0.39 is 48.4 Å². The molecule has 32 heavy (non-hydrogen) atoms. The second kappa shape index (κ2) is 7.39. The van der Waals surface area contributed by atoms with E-state index >= 15 is 4.39 Å². The summed E-state index contributed by atoms with van der Waals surface area (Å²) >= 11 is 0. The summed E-state index contributed by atoms with van der Waals surface area (Å²) in [6.07, 6.45) is 1.21. The van der Waals surface area contributed by atoms with E-state index in [1.165, 1.54) is 6.08 Å². The Morgan fingerprint density at radius 3 is 2.56 bits per heavy atom. The molecule has 0 spiro atoms. The van der Waals surface area contributed by atoms with Gasteiger partial charge in [0.2, 0.25) is 12.1 Å². The summed E-state index contributed by atoms with van der Waals surface area (Å²) in [7, 11) is -5.16. The topological polar surface area (TPSA) is 141 Å². The molecule has 2 saturated carbocycles. The zero-order valence-corrected chi connectivity index (χ0v) is 19.2. The van der Waals surface area contributed by atoms with Crippen LogP contribution in [0.1, 0.15) is 52.9 Å². The predicted molar refractivity (Wildman–Crippen MR) is 111 cm³/mol. The Bertz CT molecular complexity index is 971. The highest BCUT2D eigenvalue weighted by molar-refractivity contribution is 7.46. The van der Waals surface area contributed by atoms with Gasteiger partial charge in [0.05, 0.1) is 0 Å². The molecule has 10 heteroatoms. The van der Waals surface area contributed by atoms with Gasteiger partial charge in [-0.15, -0.1) is 0 Å². The van der Waals surface area contributed by atoms with Crippen molar-refractivity contribution in [2.75, 3.05) is 0 Å². The first-order chi connectivity index (χ1) is 14.6. The number of carbonyl (C=O) groups excluding carboxylic acids is 2. The van der Waals surface area contributed by atoms with E-state index in [1.807, 2.05) is 13.0 Å². The van der Waals surface area contributed by atoms with Gasteiger partial charge in [0.15, 0.2) is 5.78 Å². The molecule has 4 aliphatic carbocycles. The molecule has 0 bridgehead atoms. The molecule has 0 aromatic carbocycles. The molecule has 4 N–H and O–H groups in total. The Morgan fingerprint density at radius 1 is 1.28 bits per heavy atom. The molecule has 0 aromatic heterocycles. The van der Waals surface area contributed by atoms with E-state index in [0.29, 0.717) is 24.8 Å². The van der Waals surface area contributed by atoms with Crippen LogP contribution in [0.15, 0.2) is 23.3 Å². The fraction of sp³-hybridized carbons (Fsp3) is 0.727. The molecule has 0 aliphatic heterocycles. The first kappa shape index (κ1) is 23.9. The normalized spacial score (nSPS) is 44.7. The van der Waals surface area contributed by atoms with Gasteiger partial charge in [-0.2, -0.15) is 0 Å². The fourth-order valence-electron chi connectivity index (χ4n) is 7.10. The van der Waals surface area contributed by atoms with Crippen molar-refractivity contribution < 1.29 is 43.1 Å². The summed E-state index contributed by atoms with van der Waals surface area (Å²) in [5, 5.41) is 21.7. The van der Waals surface area contributed by atoms with Crippen molar-refractivity contribution in [1.29, 1.82) is 0 Å². The van der Waals surface area contributed by atoms with E-state index in [-0.39, 0.29) is 30.5 Å². The summed E-state index contributed by atoms with van der Waals surface area (Å²) in [4.78, 5) is 43.0. The van der Waals surface area contributed by atoms with Crippen molar-refractivity contribution in [3.63, 3.8) is 0 Å². The predicted octanol–water partition coefficient (Wildman–Crippen LogP) is 2.36. The number of phosphoric acid groups is 1. The Morgan fingerprint density at radius 2 is 1.94 bits per heavy atom. The number of Topliss-reactive ketones (excluding diaryl/α,β-unsaturated/α-hetero) is 1. The van der Waals surface area contributed by atoms with E-state index in [2.05, 4.69) is 4.52 Å². The number of aliphatic hydroxyl groups is 2. The van der Waals surface area contributed by atoms with Gasteiger partial charge in [-0.3, -0.25) is 9.59 Å². The summed E-state index contributed by atoms with van der Waals surface area (Å²) in [6.45, 7) is 5.31. The van der Waals surface area contributed by atoms with Gasteiger partial charge in [0, 0.05) is 17.3 Å². The first-order valence-corrected chi connectivity index (χ1v) is 12.5. The third-order valence-corrected chi connectivity index (χ3v) is 9.21. The number of rotatable bonds is 4. The molecule has 0 aromatic rings. The minimum absolute atomic E-state index is 0.0756. The van der Waals surface area contributed by atoms with Crippen LogP contribution in [-0.4, -0.2) is 49.6 Å². The number of aliphatic hydroxyl groups excluding tert-OH is 1. The maximum Gasteiger partial charge on any atom is 0.472 e. The number of hydrogen-bond donors (Lipinski definition) is 4. The van der Waals surface area contributed by atoms with Crippen molar-refractivity contribution in [1.82, 2.24) is 0 Å². The lowest BCUT2D eigenvalue weighted by Gasteiger charge is -2.55. The van der Waals surface area contributed by atoms with Crippen molar-refractivity contribution in [2.45, 2.75) is 70.9 Å². The van der Waals surface area contributed by atoms with Crippen LogP contribution in [0.4, 0.5) is 4.39 Å². The van der Waals surface area contributed by atoms with Crippen LogP contribution in [-0.2, 0) is 18.7 Å². The number of halogens is 1. The quantitative estimate of drug-likeness (QED) is 0.278. The van der Waals surface area contributed by atoms with Gasteiger partial charge < -0.3 is 20.0 Å². The SMILES string of the molecule is CC1CC2C3C[C@H](F)C4=CC(=O)CC[C@]4(C)C3=CC[C@]2(C)[C@@]1(O)C(=O)C(O)OP(=O)(O)O. The Hall–Kier alpha value is -1.22. The van der Waals surface area contributed by atoms with Crippen molar-refractivity contribution in [3.05, 3.63) is 23.3 Å². The maximum atomic E-state index is 15.3. The Labute approximate surface area is 185 Å². The smallest absolute Gasteiger partial charge is 0.381 e. The largest absolute Gasteiger partial charge is 0.472 e. The zero-order chi connectivity index (χ0) is 23.9. The van der Waals surface area contributed by atoms with Gasteiger partial charge in [0.25, 0.3) is 0 Å². The minimum atomic E-state index is -5.16. The van der Waals surface area contributed by atoms with Crippen molar-refractivity contribution in [3.8, 4) is 0 Å². The van der Waals surface area contributed by atoms with Crippen LogP contribution >= 0.6 is 7.82 Å². The number of hydrogen-bond acceptors (Lipinski definition) is 6. The van der Waals surface area contributed by atoms with E-state index in [9.17, 15) is 24.4 Å². The van der Waals surface area contributed by atoms with E-state index in [1.54, 1.807) is 13.8 Å². The zero-order valence-electron chi connectivity index (χ0n) is 18.3. The summed E-state index contributed by atoms with van der Waals surface area (Å²) in [5.41, 5.74) is -2.25. The van der Waals surface area contributed by atoms with Crippen LogP contribution in [0, 0.1) is 28.6 Å². The number of carbonyl (C=O) groups is 2. The van der Waals surface area contributed by atoms with Crippen LogP contribution in [0.2, 0.25) is 0 Å². The molecule has 2 fully saturated rings. The molecule has 8 atom stereocenters. The molecule has 4 unspecified atom stereocenters. The third kappa shape index (κ3) is 3.24. The van der Waals surface area contributed by atoms with Gasteiger partial charge in [-0.25, -0.2) is 13.5 Å². The molecule has 8 nitrogen and oxygen atoms in total. The lowest BCUT2D eigenvalue weighted by atomic mass is 9.50. The van der Waals surface area contributed by atoms with Gasteiger partial charge in [-0.1, -0.05) is 32.4 Å². The maximum absolute atomic E-state index is 15.3. The highest BCUT2D eigenvalue weighted by Crippen LogP contribution is 2.67. The highest BCUT2D eigenvalue weighted by Gasteiger charge is 2.69. The molecule has 178 valence electrons. The van der Waals surface area contributed by atoms with Gasteiger partial charge in [0.1, 0.15) is 11.8 Å². The molecule has 0 saturated heterocycles. The molecular weight excluding hydrogens is 442 g/mol. The molecule has 0 heterocycles. The van der Waals surface area contributed by atoms with Gasteiger partial charge >= 0.3 is 7.82 Å². The first-order valence-electron chi connectivity index (χ1n) is 10.9. The van der Waals surface area contributed by atoms with Crippen LogP contribution < -0.4 is 0 Å². The van der Waals surface area contributed by atoms with Crippen LogP contribution in [0.3, 0.4) is 0 Å². The minimum Gasteiger partial charge on any atom is -0.381 e. The number of alkyl halides is 1. The summed E-state index contributed by atoms with van der Waals surface area (Å²) in [5.74, 6) is -2.47. The Balaban J connectivity index is 1.74. The second-order valence-electron chi connectivity index (χ2n) is 10.3. The second-order valence-corrected chi connectivity index (χ2v) is 11.5. The number of phosphoric ester groups is 1. The fourth-order valence-corrected chi connectivity index (χ4v) is 7.45. The lowest BCUT2D eigenvalue weighted by molar-refractivity contribution is -0.182. The average molecular weight is 472 g/mol. The van der Waals surface area contributed by atoms with Crippen LogP contribution in [0.25, 0.3) is 0 Å². The highest BCUT2D eigenvalue weighted by atomic mass is 31.2. The van der Waals surface area contributed by atoms with Gasteiger partial charge in [-0.05, 0) is 55.1 Å². The monoisotopic (exact) mass is 472 g/mol. The third-order valence-electron chi connectivity index (χ3n) is 8.74. The van der Waals surface area contributed by atoms with Crippen molar-refractivity contribution >= 4 is 19.4 Å². The number of allylic oxidation sites excluding steroid dienone is 4. The number of fused-ring (bicyclic) bond motifs is 5. The molecule has 4 aliphatic rings. The molecule has 4 rings (SSSR count). The standard InChI is InChI=1S/C22H30FO8P/c1-11-8-15-13-10-17(23)16-9-12(24)4-6-20(16,2)14(13)5-7-21(15,3)22(11,27)18(25)19(26)31-32(28,29)30/h5,9,11,13,15,17,19,26-27H,4,6-8,10H2,1-3H3,(H2,28,29,30)/t11?,13?,15?,17-,19?,20+,21-,22-/m0/s1. The van der Waals surface area contributed by atoms with Crippen molar-refractivity contribution in [2.24, 2.45) is 28.6 Å². The van der Waals surface area contributed by atoms with Crippen LogP contribution in [0.5, 0.6) is 0 Å². The molecular formula is C22H30FO8P. The number of ketones is 2. The molecule has 0 radical (unpaired) electrons. The summed E-state index contributed by atoms with van der Waals surface area (Å²) < 4.78 is 30.6. The van der Waals surface area contributed by atoms with E-state index in [0.717, 1.165) is 5.57 Å². The summed E-state index contributed by atoms with van der Waals surface area (Å²) in [6, 6.07) is 0. The lowest BCUT2D eigenvalue weighted by Crippen LogP contribution is -2.60. The molecule has 0 amide bonds. The van der Waals surface area contributed by atoms with E-state index in [4.69, 9.17) is 9.79 Å². The average Bonchev–Trinajstić information content (AvgIpc) is 2.89. The Kier molecular flexibility index (Phi) is 5.52.